The fraction of sp³-hybridized carbons (Fsp3) is 0.133. The fourth-order valence-electron chi connectivity index (χ4n) is 5.76. The number of fused-ring (bicyclic) bond motifs is 5. The van der Waals surface area contributed by atoms with E-state index in [2.05, 4.69) is 0 Å². The zero-order valence-corrected chi connectivity index (χ0v) is 20.1. The monoisotopic (exact) mass is 499 g/mol. The molecule has 4 aromatic rings. The zero-order valence-electron chi connectivity index (χ0n) is 20.1. The van der Waals surface area contributed by atoms with Crippen LogP contribution in [0.3, 0.4) is 0 Å². The van der Waals surface area contributed by atoms with Gasteiger partial charge in [0.05, 0.1) is 23.6 Å². The Bertz CT molecular complexity index is 1550. The van der Waals surface area contributed by atoms with Crippen molar-refractivity contribution in [2.45, 2.75) is 12.1 Å². The van der Waals surface area contributed by atoms with Gasteiger partial charge < -0.3 is 4.90 Å². The van der Waals surface area contributed by atoms with Gasteiger partial charge in [-0.25, -0.2) is 9.88 Å². The lowest BCUT2D eigenvalue weighted by Gasteiger charge is -2.33. The number of amides is 2. The molecule has 0 aliphatic carbocycles. The van der Waals surface area contributed by atoms with Crippen LogP contribution in [0.25, 0.3) is 22.8 Å². The van der Waals surface area contributed by atoms with Crippen molar-refractivity contribution in [2.24, 2.45) is 11.8 Å². The van der Waals surface area contributed by atoms with Crippen molar-refractivity contribution < 1.29 is 14.4 Å². The molecule has 38 heavy (non-hydrogen) atoms. The molecular weight excluding hydrogens is 478 g/mol. The van der Waals surface area contributed by atoms with Crippen LogP contribution in [0.2, 0.25) is 0 Å². The molecule has 8 heteroatoms. The van der Waals surface area contributed by atoms with Gasteiger partial charge in [0.1, 0.15) is 6.04 Å². The Morgan fingerprint density at radius 1 is 0.605 bits per heavy atom. The minimum atomic E-state index is -0.880. The summed E-state index contributed by atoms with van der Waals surface area (Å²) in [4.78, 5) is 57.9. The second-order valence-corrected chi connectivity index (χ2v) is 9.52. The average molecular weight is 500 g/mol. The van der Waals surface area contributed by atoms with E-state index >= 15 is 0 Å². The largest absolute Gasteiger partial charge is 0.322 e. The van der Waals surface area contributed by atoms with Crippen LogP contribution in [0, 0.1) is 11.8 Å². The molecule has 0 radical (unpaired) electrons. The number of imide groups is 1. The van der Waals surface area contributed by atoms with Gasteiger partial charge in [-0.05, 0) is 18.2 Å². The highest BCUT2D eigenvalue weighted by atomic mass is 16.2. The molecule has 4 unspecified atom stereocenters. The molecule has 3 aromatic carbocycles. The van der Waals surface area contributed by atoms with Gasteiger partial charge >= 0.3 is 0 Å². The number of carbonyl (C=O) groups excluding carboxylic acids is 3. The number of benzene rings is 3. The molecule has 2 saturated heterocycles. The highest BCUT2D eigenvalue weighted by molar-refractivity contribution is 6.25. The lowest BCUT2D eigenvalue weighted by molar-refractivity contribution is -0.125. The topological polar surface area (TPSA) is 96.4 Å². The van der Waals surface area contributed by atoms with Gasteiger partial charge in [-0.2, -0.15) is 9.97 Å². The maximum absolute atomic E-state index is 13.7. The van der Waals surface area contributed by atoms with Crippen molar-refractivity contribution in [2.75, 3.05) is 9.80 Å². The molecular formula is C30H21N5O3. The van der Waals surface area contributed by atoms with Crippen LogP contribution in [-0.2, 0) is 14.4 Å². The Morgan fingerprint density at radius 3 is 1.71 bits per heavy atom. The summed E-state index contributed by atoms with van der Waals surface area (Å²) < 4.78 is 0. The third-order valence-corrected chi connectivity index (χ3v) is 7.41. The third kappa shape index (κ3) is 3.30. The second kappa shape index (κ2) is 8.55. The Labute approximate surface area is 218 Å². The number of nitrogens with zero attached hydrogens (tertiary/aromatic N) is 5. The number of aromatic nitrogens is 3. The fourth-order valence-corrected chi connectivity index (χ4v) is 5.76. The first kappa shape index (κ1) is 22.2. The van der Waals surface area contributed by atoms with Gasteiger partial charge in [0.15, 0.2) is 17.4 Å². The molecule has 0 saturated carbocycles. The molecule has 7 rings (SSSR count). The lowest BCUT2D eigenvalue weighted by atomic mass is 9.90. The Morgan fingerprint density at radius 2 is 1.13 bits per heavy atom. The standard InChI is InChI=1S/C30H21N5O3/c36-22-17-16-21-23-24(29(38)34(28(23)37)20-14-8-3-9-15-20)25(22)35(21)30-32-26(18-10-4-1-5-11-18)31-27(33-30)19-12-6-2-7-13-19/h1-17,21,23-25H. The molecule has 2 amide bonds. The number of hydrogen-bond acceptors (Lipinski definition) is 7. The number of anilines is 2. The molecule has 3 aliphatic rings. The Balaban J connectivity index is 1.36. The molecule has 0 N–H and O–H groups in total. The number of carbonyl (C=O) groups is 3. The molecule has 2 fully saturated rings. The van der Waals surface area contributed by atoms with E-state index in [1.165, 1.54) is 11.0 Å². The van der Waals surface area contributed by atoms with E-state index in [9.17, 15) is 14.4 Å². The maximum Gasteiger partial charge on any atom is 0.240 e. The van der Waals surface area contributed by atoms with Crippen LogP contribution in [0.1, 0.15) is 0 Å². The zero-order chi connectivity index (χ0) is 25.8. The van der Waals surface area contributed by atoms with Gasteiger partial charge in [0, 0.05) is 11.1 Å². The van der Waals surface area contributed by atoms with Crippen LogP contribution in [0.5, 0.6) is 0 Å². The van der Waals surface area contributed by atoms with E-state index in [1.54, 1.807) is 35.2 Å². The first-order chi connectivity index (χ1) is 18.6. The maximum atomic E-state index is 13.7. The van der Waals surface area contributed by atoms with Gasteiger partial charge in [-0.15, -0.1) is 0 Å². The predicted octanol–water partition coefficient (Wildman–Crippen LogP) is 3.71. The van der Waals surface area contributed by atoms with Gasteiger partial charge in [0.25, 0.3) is 0 Å². The number of para-hydroxylation sites is 1. The van der Waals surface area contributed by atoms with Crippen molar-refractivity contribution in [3.8, 4) is 22.8 Å². The van der Waals surface area contributed by atoms with E-state index in [-0.39, 0.29) is 23.5 Å². The summed E-state index contributed by atoms with van der Waals surface area (Å²) in [6.07, 6.45) is 3.19. The van der Waals surface area contributed by atoms with Crippen molar-refractivity contribution in [3.05, 3.63) is 103 Å². The van der Waals surface area contributed by atoms with E-state index in [0.717, 1.165) is 11.1 Å². The first-order valence-electron chi connectivity index (χ1n) is 12.4. The van der Waals surface area contributed by atoms with Crippen LogP contribution >= 0.6 is 0 Å². The van der Waals surface area contributed by atoms with Gasteiger partial charge in [-0.1, -0.05) is 84.9 Å². The lowest BCUT2D eigenvalue weighted by Crippen LogP contribution is -2.50. The van der Waals surface area contributed by atoms with E-state index < -0.39 is 23.9 Å². The van der Waals surface area contributed by atoms with E-state index in [1.807, 2.05) is 66.7 Å². The summed E-state index contributed by atoms with van der Waals surface area (Å²) in [7, 11) is 0. The van der Waals surface area contributed by atoms with E-state index in [4.69, 9.17) is 15.0 Å². The molecule has 4 heterocycles. The average Bonchev–Trinajstić information content (AvgIpc) is 3.39. The molecule has 4 atom stereocenters. The summed E-state index contributed by atoms with van der Waals surface area (Å²) in [6, 6.07) is 26.5. The summed E-state index contributed by atoms with van der Waals surface area (Å²) in [6.45, 7) is 0. The quantitative estimate of drug-likeness (QED) is 0.395. The molecule has 0 spiro atoms. The van der Waals surface area contributed by atoms with Crippen molar-refractivity contribution >= 4 is 29.2 Å². The SMILES string of the molecule is O=C1C=CC2C3C(=O)N(c4ccccc4)C(=O)C3C1N2c1nc(-c2ccccc2)nc(-c2ccccc2)n1. The highest BCUT2D eigenvalue weighted by Gasteiger charge is 2.65. The first-order valence-corrected chi connectivity index (χ1v) is 12.4. The van der Waals surface area contributed by atoms with Gasteiger partial charge in [-0.3, -0.25) is 14.4 Å². The van der Waals surface area contributed by atoms with Crippen molar-refractivity contribution in [3.63, 3.8) is 0 Å². The molecule has 3 aliphatic heterocycles. The minimum absolute atomic E-state index is 0.243. The van der Waals surface area contributed by atoms with Crippen LogP contribution in [0.15, 0.2) is 103 Å². The summed E-state index contributed by atoms with van der Waals surface area (Å²) in [5, 5.41) is 0. The molecule has 2 bridgehead atoms. The number of rotatable bonds is 4. The normalized spacial score (nSPS) is 23.7. The van der Waals surface area contributed by atoms with Crippen molar-refractivity contribution in [1.82, 2.24) is 15.0 Å². The summed E-state index contributed by atoms with van der Waals surface area (Å²) in [5.41, 5.74) is 2.10. The molecule has 184 valence electrons. The number of ketones is 1. The van der Waals surface area contributed by atoms with Crippen LogP contribution in [-0.4, -0.2) is 44.6 Å². The second-order valence-electron chi connectivity index (χ2n) is 9.52. The van der Waals surface area contributed by atoms with Crippen molar-refractivity contribution in [1.29, 1.82) is 0 Å². The predicted molar refractivity (Wildman–Crippen MR) is 141 cm³/mol. The summed E-state index contributed by atoms with van der Waals surface area (Å²) in [5.74, 6) is -1.31. The number of hydrogen-bond donors (Lipinski definition) is 0. The molecule has 8 nitrogen and oxygen atoms in total. The van der Waals surface area contributed by atoms with Crippen LogP contribution in [0.4, 0.5) is 11.6 Å². The smallest absolute Gasteiger partial charge is 0.240 e. The summed E-state index contributed by atoms with van der Waals surface area (Å²) >= 11 is 0. The Hall–Kier alpha value is -4.98. The third-order valence-electron chi connectivity index (χ3n) is 7.41. The Kier molecular flexibility index (Phi) is 5.00. The molecule has 1 aromatic heterocycles. The highest BCUT2D eigenvalue weighted by Crippen LogP contribution is 2.48. The van der Waals surface area contributed by atoms with Crippen LogP contribution < -0.4 is 9.80 Å². The van der Waals surface area contributed by atoms with E-state index in [0.29, 0.717) is 17.3 Å². The minimum Gasteiger partial charge on any atom is -0.322 e. The van der Waals surface area contributed by atoms with Gasteiger partial charge in [0.2, 0.25) is 17.8 Å².